The van der Waals surface area contributed by atoms with Crippen LogP contribution in [0.2, 0.25) is 0 Å². The standard InChI is InChI=1S/C25H23FN2O3/c1-16-3-12-22-21(13-16)25(18-6-8-19(26)9-7-18)28(15-23(29)27-22)24(30)14-17-4-10-20(31-2)11-5-17/h3-13,25H,14-15H2,1-2H3,(H,27,29)/t25-/m1/s1. The second-order valence-corrected chi connectivity index (χ2v) is 7.64. The number of ether oxygens (including phenoxy) is 1. The number of halogens is 1. The number of nitrogens with zero attached hydrogens (tertiary/aromatic N) is 1. The lowest BCUT2D eigenvalue weighted by molar-refractivity contribution is -0.135. The van der Waals surface area contributed by atoms with Gasteiger partial charge in [-0.25, -0.2) is 4.39 Å². The molecule has 1 aliphatic heterocycles. The summed E-state index contributed by atoms with van der Waals surface area (Å²) in [5.41, 5.74) is 4.03. The lowest BCUT2D eigenvalue weighted by Gasteiger charge is -2.31. The van der Waals surface area contributed by atoms with Crippen LogP contribution in [-0.4, -0.2) is 30.4 Å². The SMILES string of the molecule is COc1ccc(CC(=O)N2CC(=O)Nc3ccc(C)cc3[C@H]2c2ccc(F)cc2)cc1. The summed E-state index contributed by atoms with van der Waals surface area (Å²) < 4.78 is 18.8. The Bertz CT molecular complexity index is 1110. The molecule has 4 rings (SSSR count). The normalized spacial score (nSPS) is 15.6. The van der Waals surface area contributed by atoms with Gasteiger partial charge in [0.25, 0.3) is 0 Å². The van der Waals surface area contributed by atoms with Crippen molar-refractivity contribution < 1.29 is 18.7 Å². The first-order valence-corrected chi connectivity index (χ1v) is 10.0. The molecule has 2 amide bonds. The van der Waals surface area contributed by atoms with Crippen molar-refractivity contribution in [2.24, 2.45) is 0 Å². The minimum absolute atomic E-state index is 0.0925. The maximum atomic E-state index is 13.6. The van der Waals surface area contributed by atoms with Crippen LogP contribution in [0.4, 0.5) is 10.1 Å². The highest BCUT2D eigenvalue weighted by Crippen LogP contribution is 2.36. The van der Waals surface area contributed by atoms with Gasteiger partial charge in [-0.3, -0.25) is 9.59 Å². The van der Waals surface area contributed by atoms with E-state index in [0.717, 1.165) is 22.3 Å². The third-order valence-corrected chi connectivity index (χ3v) is 5.42. The largest absolute Gasteiger partial charge is 0.497 e. The minimum atomic E-state index is -0.514. The Labute approximate surface area is 180 Å². The van der Waals surface area contributed by atoms with Crippen molar-refractivity contribution in [2.75, 3.05) is 19.0 Å². The quantitative estimate of drug-likeness (QED) is 0.689. The molecule has 5 nitrogen and oxygen atoms in total. The van der Waals surface area contributed by atoms with E-state index in [2.05, 4.69) is 5.32 Å². The van der Waals surface area contributed by atoms with Gasteiger partial charge >= 0.3 is 0 Å². The predicted octanol–water partition coefficient (Wildman–Crippen LogP) is 4.26. The van der Waals surface area contributed by atoms with E-state index in [4.69, 9.17) is 4.74 Å². The van der Waals surface area contributed by atoms with Gasteiger partial charge in [0.15, 0.2) is 0 Å². The Balaban J connectivity index is 1.76. The molecule has 0 fully saturated rings. The first-order valence-electron chi connectivity index (χ1n) is 10.0. The van der Waals surface area contributed by atoms with Crippen LogP contribution in [0.1, 0.15) is 28.3 Å². The molecule has 1 aliphatic rings. The molecule has 0 saturated heterocycles. The molecule has 1 N–H and O–H groups in total. The molecule has 0 spiro atoms. The van der Waals surface area contributed by atoms with Crippen molar-refractivity contribution >= 4 is 17.5 Å². The topological polar surface area (TPSA) is 58.6 Å². The molecular weight excluding hydrogens is 395 g/mol. The van der Waals surface area contributed by atoms with Crippen LogP contribution in [0.15, 0.2) is 66.7 Å². The van der Waals surface area contributed by atoms with Gasteiger partial charge in [0.2, 0.25) is 11.8 Å². The zero-order chi connectivity index (χ0) is 22.0. The van der Waals surface area contributed by atoms with Gasteiger partial charge in [0.05, 0.1) is 19.6 Å². The van der Waals surface area contributed by atoms with Gasteiger partial charge in [-0.15, -0.1) is 0 Å². The molecular formula is C25H23FN2O3. The van der Waals surface area contributed by atoms with Crippen LogP contribution in [0.3, 0.4) is 0 Å². The predicted molar refractivity (Wildman–Crippen MR) is 116 cm³/mol. The number of fused-ring (bicyclic) bond motifs is 1. The molecule has 0 radical (unpaired) electrons. The summed E-state index contributed by atoms with van der Waals surface area (Å²) >= 11 is 0. The third kappa shape index (κ3) is 4.43. The lowest BCUT2D eigenvalue weighted by atomic mass is 9.94. The zero-order valence-corrected chi connectivity index (χ0v) is 17.4. The van der Waals surface area contributed by atoms with Crippen molar-refractivity contribution in [1.82, 2.24) is 4.90 Å². The summed E-state index contributed by atoms with van der Waals surface area (Å²) in [4.78, 5) is 27.6. The summed E-state index contributed by atoms with van der Waals surface area (Å²) in [6.07, 6.45) is 0.135. The van der Waals surface area contributed by atoms with Gasteiger partial charge in [-0.05, 0) is 48.4 Å². The fraction of sp³-hybridized carbons (Fsp3) is 0.200. The Morgan fingerprint density at radius 1 is 1.10 bits per heavy atom. The van der Waals surface area contributed by atoms with E-state index in [1.54, 1.807) is 36.3 Å². The molecule has 0 aliphatic carbocycles. The van der Waals surface area contributed by atoms with Crippen molar-refractivity contribution in [2.45, 2.75) is 19.4 Å². The number of hydrogen-bond acceptors (Lipinski definition) is 3. The highest BCUT2D eigenvalue weighted by molar-refractivity contribution is 5.97. The number of hydrogen-bond donors (Lipinski definition) is 1. The maximum absolute atomic E-state index is 13.6. The number of carbonyl (C=O) groups is 2. The van der Waals surface area contributed by atoms with Crippen LogP contribution < -0.4 is 10.1 Å². The average Bonchev–Trinajstić information content (AvgIpc) is 2.90. The number of anilines is 1. The minimum Gasteiger partial charge on any atom is -0.497 e. The van der Waals surface area contributed by atoms with Gasteiger partial charge in [-0.2, -0.15) is 0 Å². The number of amides is 2. The van der Waals surface area contributed by atoms with E-state index in [9.17, 15) is 14.0 Å². The smallest absolute Gasteiger partial charge is 0.244 e. The number of benzene rings is 3. The second kappa shape index (κ2) is 8.60. The van der Waals surface area contributed by atoms with Gasteiger partial charge in [0, 0.05) is 11.3 Å². The van der Waals surface area contributed by atoms with E-state index < -0.39 is 6.04 Å². The summed E-state index contributed by atoms with van der Waals surface area (Å²) in [6, 6.07) is 18.5. The molecule has 31 heavy (non-hydrogen) atoms. The van der Waals surface area contributed by atoms with Crippen LogP contribution >= 0.6 is 0 Å². The molecule has 3 aromatic rings. The monoisotopic (exact) mass is 418 g/mol. The Morgan fingerprint density at radius 3 is 2.48 bits per heavy atom. The van der Waals surface area contributed by atoms with Crippen molar-refractivity contribution in [3.8, 4) is 5.75 Å². The third-order valence-electron chi connectivity index (χ3n) is 5.42. The molecule has 0 bridgehead atoms. The van der Waals surface area contributed by atoms with E-state index in [-0.39, 0.29) is 30.6 Å². The van der Waals surface area contributed by atoms with Crippen LogP contribution in [0.25, 0.3) is 0 Å². The Hall–Kier alpha value is -3.67. The van der Waals surface area contributed by atoms with Crippen molar-refractivity contribution in [3.63, 3.8) is 0 Å². The van der Waals surface area contributed by atoms with Crippen molar-refractivity contribution in [3.05, 3.63) is 94.8 Å². The number of carbonyl (C=O) groups excluding carboxylic acids is 2. The zero-order valence-electron chi connectivity index (χ0n) is 17.4. The molecule has 158 valence electrons. The summed E-state index contributed by atoms with van der Waals surface area (Å²) in [6.45, 7) is 1.86. The van der Waals surface area contributed by atoms with Crippen molar-refractivity contribution in [1.29, 1.82) is 0 Å². The fourth-order valence-electron chi connectivity index (χ4n) is 3.88. The number of rotatable bonds is 4. The van der Waals surface area contributed by atoms with E-state index in [1.165, 1.54) is 12.1 Å². The maximum Gasteiger partial charge on any atom is 0.244 e. The first-order chi connectivity index (χ1) is 14.9. The van der Waals surface area contributed by atoms with E-state index >= 15 is 0 Å². The average molecular weight is 418 g/mol. The van der Waals surface area contributed by atoms with E-state index in [1.807, 2.05) is 37.3 Å². The molecule has 0 saturated carbocycles. The fourth-order valence-corrected chi connectivity index (χ4v) is 3.88. The van der Waals surface area contributed by atoms with E-state index in [0.29, 0.717) is 11.4 Å². The highest BCUT2D eigenvalue weighted by Gasteiger charge is 2.33. The van der Waals surface area contributed by atoms with Gasteiger partial charge in [0.1, 0.15) is 18.1 Å². The van der Waals surface area contributed by atoms with Gasteiger partial charge in [-0.1, -0.05) is 42.0 Å². The molecule has 6 heteroatoms. The molecule has 0 aromatic heterocycles. The molecule has 1 heterocycles. The summed E-state index contributed by atoms with van der Waals surface area (Å²) in [5.74, 6) is -0.104. The number of aryl methyl sites for hydroxylation is 1. The van der Waals surface area contributed by atoms with Crippen LogP contribution in [0, 0.1) is 12.7 Å². The molecule has 3 aromatic carbocycles. The summed E-state index contributed by atoms with van der Waals surface area (Å²) in [5, 5.41) is 2.90. The summed E-state index contributed by atoms with van der Waals surface area (Å²) in [7, 11) is 1.59. The van der Waals surface area contributed by atoms with Gasteiger partial charge < -0.3 is 15.0 Å². The number of nitrogens with one attached hydrogen (secondary N) is 1. The Kier molecular flexibility index (Phi) is 5.71. The number of methoxy groups -OCH3 is 1. The lowest BCUT2D eigenvalue weighted by Crippen LogP contribution is -2.39. The highest BCUT2D eigenvalue weighted by atomic mass is 19.1. The van der Waals surface area contributed by atoms with Crippen LogP contribution in [0.5, 0.6) is 5.75 Å². The van der Waals surface area contributed by atoms with Crippen LogP contribution in [-0.2, 0) is 16.0 Å². The molecule has 0 unspecified atom stereocenters. The molecule has 1 atom stereocenters. The second-order valence-electron chi connectivity index (χ2n) is 7.64. The Morgan fingerprint density at radius 2 is 1.81 bits per heavy atom. The first kappa shape index (κ1) is 20.6.